The van der Waals surface area contributed by atoms with Crippen LogP contribution in [0.15, 0.2) is 0 Å². The van der Waals surface area contributed by atoms with Crippen LogP contribution in [0.4, 0.5) is 0 Å². The van der Waals surface area contributed by atoms with Crippen LogP contribution in [0.2, 0.25) is 0 Å². The fourth-order valence-corrected chi connectivity index (χ4v) is 0.805. The maximum atomic E-state index is 2.33. The minimum atomic E-state index is 0. The van der Waals surface area contributed by atoms with Crippen molar-refractivity contribution in [2.24, 2.45) is 11.8 Å². The third kappa shape index (κ3) is 4.50. The molecule has 0 N–H and O–H groups in total. The molecule has 58 valence electrons. The minimum absolute atomic E-state index is 0. The van der Waals surface area contributed by atoms with Crippen LogP contribution in [-0.4, -0.2) is 0 Å². The fraction of sp³-hybridized carbons (Fsp3) is 1.00. The van der Waals surface area contributed by atoms with Gasteiger partial charge in [0.15, 0.2) is 0 Å². The lowest BCUT2D eigenvalue weighted by molar-refractivity contribution is 0.367. The van der Waals surface area contributed by atoms with Crippen LogP contribution in [0.3, 0.4) is 0 Å². The molecule has 0 saturated carbocycles. The van der Waals surface area contributed by atoms with Gasteiger partial charge in [-0.05, 0) is 11.8 Å². The van der Waals surface area contributed by atoms with Gasteiger partial charge >= 0.3 is 0 Å². The van der Waals surface area contributed by atoms with Crippen molar-refractivity contribution >= 4 is 0 Å². The Morgan fingerprint density at radius 1 is 0.889 bits per heavy atom. The molecule has 0 nitrogen and oxygen atoms in total. The van der Waals surface area contributed by atoms with Gasteiger partial charge in [-0.15, -0.1) is 0 Å². The summed E-state index contributed by atoms with van der Waals surface area (Å²) < 4.78 is 0. The van der Waals surface area contributed by atoms with Gasteiger partial charge in [0, 0.05) is 0 Å². The zero-order valence-electron chi connectivity index (χ0n) is 6.57. The van der Waals surface area contributed by atoms with Crippen molar-refractivity contribution in [3.05, 3.63) is 0 Å². The van der Waals surface area contributed by atoms with Gasteiger partial charge in [0.1, 0.15) is 0 Å². The molecular weight excluding hydrogens is 108 g/mol. The quantitative estimate of drug-likeness (QED) is 0.546. The second kappa shape index (κ2) is 6.12. The van der Waals surface area contributed by atoms with Crippen LogP contribution in [0, 0.1) is 11.8 Å². The van der Waals surface area contributed by atoms with E-state index in [4.69, 9.17) is 0 Å². The molecule has 0 aliphatic rings. The van der Waals surface area contributed by atoms with E-state index in [9.17, 15) is 0 Å². The largest absolute Gasteiger partial charge is 0.0776 e. The topological polar surface area (TPSA) is 0 Å². The summed E-state index contributed by atoms with van der Waals surface area (Å²) in [5.74, 6) is 1.83. The van der Waals surface area contributed by atoms with Crippen molar-refractivity contribution in [2.45, 2.75) is 48.0 Å². The van der Waals surface area contributed by atoms with Gasteiger partial charge in [0.2, 0.25) is 0 Å². The molecule has 0 bridgehead atoms. The third-order valence-electron chi connectivity index (χ3n) is 2.26. The molecule has 0 rings (SSSR count). The smallest absolute Gasteiger partial charge is 0.0420 e. The maximum absolute atomic E-state index is 2.33. The highest BCUT2D eigenvalue weighted by Gasteiger charge is 2.05. The van der Waals surface area contributed by atoms with E-state index in [0.717, 1.165) is 11.8 Å². The Labute approximate surface area is 60.7 Å². The zero-order chi connectivity index (χ0) is 6.57. The number of rotatable bonds is 3. The average molecular weight is 130 g/mol. The Morgan fingerprint density at radius 3 is 1.22 bits per heavy atom. The van der Waals surface area contributed by atoms with Gasteiger partial charge in [0.05, 0.1) is 0 Å². The molecule has 2 atom stereocenters. The van der Waals surface area contributed by atoms with Crippen molar-refractivity contribution in [2.75, 3.05) is 0 Å². The highest BCUT2D eigenvalue weighted by Crippen LogP contribution is 2.16. The molecule has 0 aromatic heterocycles. The maximum Gasteiger partial charge on any atom is -0.0420 e. The molecular formula is C9H22. The van der Waals surface area contributed by atoms with Crippen molar-refractivity contribution in [1.82, 2.24) is 0 Å². The third-order valence-corrected chi connectivity index (χ3v) is 2.26. The van der Waals surface area contributed by atoms with Crippen LogP contribution >= 0.6 is 0 Å². The lowest BCUT2D eigenvalue weighted by atomic mass is 9.92. The molecule has 0 radical (unpaired) electrons. The fourth-order valence-electron chi connectivity index (χ4n) is 0.805. The molecule has 0 heterocycles. The molecule has 0 aliphatic carbocycles. The SMILES string of the molecule is C.CC[C@@H](C)[C@@H](C)CC. The predicted molar refractivity (Wildman–Crippen MR) is 45.6 cm³/mol. The van der Waals surface area contributed by atoms with Gasteiger partial charge in [-0.2, -0.15) is 0 Å². The summed E-state index contributed by atoms with van der Waals surface area (Å²) in [6, 6.07) is 0. The van der Waals surface area contributed by atoms with E-state index in [0.29, 0.717) is 0 Å². The molecule has 0 aromatic carbocycles. The first-order valence-electron chi connectivity index (χ1n) is 3.72. The Balaban J connectivity index is 0. The Morgan fingerprint density at radius 2 is 1.11 bits per heavy atom. The summed E-state index contributed by atoms with van der Waals surface area (Å²) in [7, 11) is 0. The van der Waals surface area contributed by atoms with Gasteiger partial charge in [0.25, 0.3) is 0 Å². The van der Waals surface area contributed by atoms with Crippen LogP contribution in [0.1, 0.15) is 48.0 Å². The number of hydrogen-bond donors (Lipinski definition) is 0. The summed E-state index contributed by atoms with van der Waals surface area (Å²) >= 11 is 0. The van der Waals surface area contributed by atoms with E-state index in [2.05, 4.69) is 27.7 Å². The van der Waals surface area contributed by atoms with Gasteiger partial charge in [-0.1, -0.05) is 48.0 Å². The molecule has 0 aromatic rings. The van der Waals surface area contributed by atoms with Crippen LogP contribution in [-0.2, 0) is 0 Å². The van der Waals surface area contributed by atoms with E-state index >= 15 is 0 Å². The summed E-state index contributed by atoms with van der Waals surface area (Å²) in [6.07, 6.45) is 2.66. The molecule has 0 aliphatic heterocycles. The number of hydrogen-bond acceptors (Lipinski definition) is 0. The lowest BCUT2D eigenvalue weighted by Crippen LogP contribution is -2.04. The molecule has 0 saturated heterocycles. The summed E-state index contributed by atoms with van der Waals surface area (Å²) in [4.78, 5) is 0. The molecule has 9 heavy (non-hydrogen) atoms. The molecule has 0 fully saturated rings. The highest BCUT2D eigenvalue weighted by molar-refractivity contribution is 4.56. The Hall–Kier alpha value is 0. The summed E-state index contributed by atoms with van der Waals surface area (Å²) in [6.45, 7) is 9.18. The second-order valence-electron chi connectivity index (χ2n) is 2.77. The Kier molecular flexibility index (Phi) is 8.00. The normalized spacial score (nSPS) is 16.0. The molecule has 0 unspecified atom stereocenters. The predicted octanol–water partition coefficient (Wildman–Crippen LogP) is 3.71. The van der Waals surface area contributed by atoms with Crippen LogP contribution in [0.5, 0.6) is 0 Å². The first-order valence-corrected chi connectivity index (χ1v) is 3.72. The van der Waals surface area contributed by atoms with E-state index in [-0.39, 0.29) is 7.43 Å². The molecule has 0 heteroatoms. The monoisotopic (exact) mass is 130 g/mol. The van der Waals surface area contributed by atoms with Crippen molar-refractivity contribution in [3.8, 4) is 0 Å². The highest BCUT2D eigenvalue weighted by atomic mass is 14.1. The van der Waals surface area contributed by atoms with Crippen molar-refractivity contribution in [1.29, 1.82) is 0 Å². The van der Waals surface area contributed by atoms with Gasteiger partial charge in [-0.3, -0.25) is 0 Å². The van der Waals surface area contributed by atoms with E-state index in [1.165, 1.54) is 12.8 Å². The standard InChI is InChI=1S/C8H18.CH4/c1-5-7(3)8(4)6-2;/h7-8H,5-6H2,1-4H3;1H4/t7-,8+;. The Bertz CT molecular complexity index is 40.0. The van der Waals surface area contributed by atoms with Crippen molar-refractivity contribution in [3.63, 3.8) is 0 Å². The van der Waals surface area contributed by atoms with Crippen LogP contribution in [0.25, 0.3) is 0 Å². The van der Waals surface area contributed by atoms with E-state index in [1.54, 1.807) is 0 Å². The van der Waals surface area contributed by atoms with Crippen LogP contribution < -0.4 is 0 Å². The van der Waals surface area contributed by atoms with E-state index in [1.807, 2.05) is 0 Å². The lowest BCUT2D eigenvalue weighted by Gasteiger charge is -2.14. The van der Waals surface area contributed by atoms with E-state index < -0.39 is 0 Å². The first-order chi connectivity index (χ1) is 3.72. The molecule has 0 amide bonds. The second-order valence-corrected chi connectivity index (χ2v) is 2.77. The first kappa shape index (κ1) is 11.8. The van der Waals surface area contributed by atoms with Gasteiger partial charge < -0.3 is 0 Å². The minimum Gasteiger partial charge on any atom is -0.0776 e. The zero-order valence-corrected chi connectivity index (χ0v) is 6.57. The summed E-state index contributed by atoms with van der Waals surface area (Å²) in [5, 5.41) is 0. The summed E-state index contributed by atoms with van der Waals surface area (Å²) in [5.41, 5.74) is 0. The average Bonchev–Trinajstić information content (AvgIpc) is 1.84. The van der Waals surface area contributed by atoms with Crippen molar-refractivity contribution < 1.29 is 0 Å². The van der Waals surface area contributed by atoms with Gasteiger partial charge in [-0.25, -0.2) is 0 Å². The molecule has 0 spiro atoms.